The summed E-state index contributed by atoms with van der Waals surface area (Å²) in [6.45, 7) is 3.59. The second-order valence-electron chi connectivity index (χ2n) is 4.19. The molecule has 0 aliphatic carbocycles. The van der Waals surface area contributed by atoms with Gasteiger partial charge in [-0.2, -0.15) is 0 Å². The monoisotopic (exact) mass is 262 g/mol. The zero-order valence-electron chi connectivity index (χ0n) is 10.1. The predicted octanol–water partition coefficient (Wildman–Crippen LogP) is 2.68. The lowest BCUT2D eigenvalue weighted by Crippen LogP contribution is -2.03. The van der Waals surface area contributed by atoms with Crippen LogP contribution in [0, 0.1) is 0 Å². The van der Waals surface area contributed by atoms with Gasteiger partial charge in [-0.15, -0.1) is 6.58 Å². The van der Waals surface area contributed by atoms with Gasteiger partial charge in [0.2, 0.25) is 0 Å². The zero-order chi connectivity index (χ0) is 13.3. The van der Waals surface area contributed by atoms with Crippen LogP contribution in [0.15, 0.2) is 47.9 Å². The van der Waals surface area contributed by atoms with Gasteiger partial charge in [-0.3, -0.25) is 0 Å². The first-order chi connectivity index (χ1) is 8.45. The molecule has 0 amide bonds. The maximum Gasteiger partial charge on any atom is 0.175 e. The van der Waals surface area contributed by atoms with Gasteiger partial charge in [-0.25, -0.2) is 8.42 Å². The lowest BCUT2D eigenvalue weighted by Gasteiger charge is -2.11. The molecule has 4 heteroatoms. The van der Waals surface area contributed by atoms with E-state index in [4.69, 9.17) is 0 Å². The van der Waals surface area contributed by atoms with E-state index in [0.29, 0.717) is 22.8 Å². The summed E-state index contributed by atoms with van der Waals surface area (Å²) < 4.78 is 23.6. The quantitative estimate of drug-likeness (QED) is 0.865. The van der Waals surface area contributed by atoms with Gasteiger partial charge in [-0.1, -0.05) is 30.3 Å². The molecule has 0 heterocycles. The summed E-state index contributed by atoms with van der Waals surface area (Å²) in [7, 11) is -3.38. The Morgan fingerprint density at radius 2 is 2.00 bits per heavy atom. The van der Waals surface area contributed by atoms with E-state index in [0.717, 1.165) is 6.26 Å². The third-order valence-corrected chi connectivity index (χ3v) is 4.00. The average molecular weight is 262 g/mol. The van der Waals surface area contributed by atoms with E-state index in [-0.39, 0.29) is 10.6 Å². The molecule has 18 heavy (non-hydrogen) atoms. The average Bonchev–Trinajstić information content (AvgIpc) is 2.31. The van der Waals surface area contributed by atoms with Crippen LogP contribution in [0.25, 0.3) is 10.8 Å². The highest BCUT2D eigenvalue weighted by atomic mass is 32.2. The lowest BCUT2D eigenvalue weighted by molar-refractivity contribution is 0.473. The Bertz CT molecular complexity index is 715. The molecular weight excluding hydrogens is 248 g/mol. The van der Waals surface area contributed by atoms with Gasteiger partial charge in [-0.05, 0) is 17.9 Å². The fourth-order valence-corrected chi connectivity index (χ4v) is 2.99. The van der Waals surface area contributed by atoms with E-state index >= 15 is 0 Å². The molecule has 2 aromatic carbocycles. The molecular formula is C14H14O3S. The van der Waals surface area contributed by atoms with Crippen molar-refractivity contribution in [3.05, 3.63) is 48.6 Å². The van der Waals surface area contributed by atoms with Crippen molar-refractivity contribution in [3.63, 3.8) is 0 Å². The SMILES string of the molecule is C=CCc1c(S(C)(=O)=O)cc2ccccc2c1O. The van der Waals surface area contributed by atoms with E-state index in [1.807, 2.05) is 0 Å². The Morgan fingerprint density at radius 3 is 2.61 bits per heavy atom. The normalized spacial score (nSPS) is 11.6. The molecule has 0 saturated heterocycles. The van der Waals surface area contributed by atoms with Crippen LogP contribution in [0.4, 0.5) is 0 Å². The number of allylic oxidation sites excluding steroid dienone is 1. The molecule has 0 fully saturated rings. The molecule has 1 N–H and O–H groups in total. The number of hydrogen-bond donors (Lipinski definition) is 1. The van der Waals surface area contributed by atoms with Gasteiger partial charge in [0.15, 0.2) is 9.84 Å². The molecule has 0 unspecified atom stereocenters. The van der Waals surface area contributed by atoms with Crippen LogP contribution < -0.4 is 0 Å². The van der Waals surface area contributed by atoms with Gasteiger partial charge in [0.1, 0.15) is 5.75 Å². The summed E-state index contributed by atoms with van der Waals surface area (Å²) in [5.41, 5.74) is 0.409. The van der Waals surface area contributed by atoms with Crippen LogP contribution in [-0.2, 0) is 16.3 Å². The Balaban J connectivity index is 2.92. The second kappa shape index (κ2) is 4.46. The molecule has 2 rings (SSSR count). The minimum atomic E-state index is -3.38. The van der Waals surface area contributed by atoms with Crippen molar-refractivity contribution < 1.29 is 13.5 Å². The molecule has 0 radical (unpaired) electrons. The molecule has 2 aromatic rings. The fraction of sp³-hybridized carbons (Fsp3) is 0.143. The second-order valence-corrected chi connectivity index (χ2v) is 6.17. The minimum Gasteiger partial charge on any atom is -0.507 e. The summed E-state index contributed by atoms with van der Waals surface area (Å²) in [6, 6.07) is 8.76. The smallest absolute Gasteiger partial charge is 0.175 e. The number of phenolic OH excluding ortho intramolecular Hbond substituents is 1. The minimum absolute atomic E-state index is 0.0217. The highest BCUT2D eigenvalue weighted by molar-refractivity contribution is 7.90. The van der Waals surface area contributed by atoms with Crippen LogP contribution in [0.1, 0.15) is 5.56 Å². The topological polar surface area (TPSA) is 54.4 Å². The van der Waals surface area contributed by atoms with Crippen molar-refractivity contribution in [2.75, 3.05) is 6.26 Å². The number of phenols is 1. The molecule has 0 spiro atoms. The van der Waals surface area contributed by atoms with Crippen LogP contribution in [0.2, 0.25) is 0 Å². The third-order valence-electron chi connectivity index (χ3n) is 2.83. The van der Waals surface area contributed by atoms with Crippen molar-refractivity contribution in [1.82, 2.24) is 0 Å². The number of rotatable bonds is 3. The molecule has 94 valence electrons. The van der Waals surface area contributed by atoms with Crippen LogP contribution in [0.5, 0.6) is 5.75 Å². The maximum atomic E-state index is 11.8. The molecule has 0 bridgehead atoms. The molecule has 0 saturated carbocycles. The van der Waals surface area contributed by atoms with Gasteiger partial charge < -0.3 is 5.11 Å². The summed E-state index contributed by atoms with van der Waals surface area (Å²) in [5.74, 6) is 0.0217. The Labute approximate surface area is 106 Å². The van der Waals surface area contributed by atoms with Crippen molar-refractivity contribution in [1.29, 1.82) is 0 Å². The number of hydrogen-bond acceptors (Lipinski definition) is 3. The summed E-state index contributed by atoms with van der Waals surface area (Å²) in [4.78, 5) is 0.165. The highest BCUT2D eigenvalue weighted by Crippen LogP contribution is 2.34. The van der Waals surface area contributed by atoms with E-state index in [1.54, 1.807) is 36.4 Å². The molecule has 0 aliphatic rings. The van der Waals surface area contributed by atoms with E-state index < -0.39 is 9.84 Å². The Kier molecular flexibility index (Phi) is 3.13. The molecule has 3 nitrogen and oxygen atoms in total. The van der Waals surface area contributed by atoms with Crippen LogP contribution in [0.3, 0.4) is 0 Å². The molecule has 0 aromatic heterocycles. The first-order valence-electron chi connectivity index (χ1n) is 5.49. The molecule has 0 aliphatic heterocycles. The van der Waals surface area contributed by atoms with Gasteiger partial charge >= 0.3 is 0 Å². The van der Waals surface area contributed by atoms with Gasteiger partial charge in [0, 0.05) is 17.2 Å². The Morgan fingerprint density at radius 1 is 1.33 bits per heavy atom. The number of aromatic hydroxyl groups is 1. The largest absolute Gasteiger partial charge is 0.507 e. The standard InChI is InChI=1S/C14H14O3S/c1-3-6-12-13(18(2,16)17)9-10-7-4-5-8-11(10)14(12)15/h3-5,7-9,15H,1,6H2,2H3. The zero-order valence-corrected chi connectivity index (χ0v) is 10.9. The van der Waals surface area contributed by atoms with Gasteiger partial charge in [0.05, 0.1) is 4.90 Å². The maximum absolute atomic E-state index is 11.8. The van der Waals surface area contributed by atoms with Crippen LogP contribution in [-0.4, -0.2) is 19.8 Å². The van der Waals surface area contributed by atoms with Gasteiger partial charge in [0.25, 0.3) is 0 Å². The van der Waals surface area contributed by atoms with E-state index in [1.165, 1.54) is 0 Å². The first kappa shape index (κ1) is 12.6. The number of fused-ring (bicyclic) bond motifs is 1. The summed E-state index contributed by atoms with van der Waals surface area (Å²) >= 11 is 0. The third kappa shape index (κ3) is 2.11. The summed E-state index contributed by atoms with van der Waals surface area (Å²) in [5, 5.41) is 11.6. The lowest BCUT2D eigenvalue weighted by atomic mass is 10.0. The molecule has 0 atom stereocenters. The van der Waals surface area contributed by atoms with Crippen molar-refractivity contribution >= 4 is 20.6 Å². The van der Waals surface area contributed by atoms with Crippen molar-refractivity contribution in [3.8, 4) is 5.75 Å². The van der Waals surface area contributed by atoms with Crippen molar-refractivity contribution in [2.45, 2.75) is 11.3 Å². The number of sulfone groups is 1. The predicted molar refractivity (Wildman–Crippen MR) is 72.6 cm³/mol. The van der Waals surface area contributed by atoms with E-state index in [2.05, 4.69) is 6.58 Å². The fourth-order valence-electron chi connectivity index (χ4n) is 2.02. The number of benzene rings is 2. The Hall–Kier alpha value is -1.81. The van der Waals surface area contributed by atoms with Crippen molar-refractivity contribution in [2.24, 2.45) is 0 Å². The summed E-state index contributed by atoms with van der Waals surface area (Å²) in [6.07, 6.45) is 3.04. The highest BCUT2D eigenvalue weighted by Gasteiger charge is 2.18. The van der Waals surface area contributed by atoms with E-state index in [9.17, 15) is 13.5 Å². The van der Waals surface area contributed by atoms with Crippen LogP contribution >= 0.6 is 0 Å². The first-order valence-corrected chi connectivity index (χ1v) is 7.39.